The first-order chi connectivity index (χ1) is 16.4. The van der Waals surface area contributed by atoms with Crippen LogP contribution in [0.1, 0.15) is 17.5 Å². The Labute approximate surface area is 198 Å². The summed E-state index contributed by atoms with van der Waals surface area (Å²) in [5, 5.41) is 0. The highest BCUT2D eigenvalue weighted by Crippen LogP contribution is 2.49. The zero-order chi connectivity index (χ0) is 22.0. The van der Waals surface area contributed by atoms with E-state index < -0.39 is 0 Å². The van der Waals surface area contributed by atoms with Gasteiger partial charge in [-0.15, -0.1) is 11.3 Å². The van der Waals surface area contributed by atoms with Crippen LogP contribution in [0.4, 0.5) is 0 Å². The van der Waals surface area contributed by atoms with Crippen LogP contribution in [0.2, 0.25) is 0 Å². The van der Waals surface area contributed by atoms with Crippen molar-refractivity contribution in [1.82, 2.24) is 9.97 Å². The molecule has 0 bridgehead atoms. The highest BCUT2D eigenvalue weighted by Gasteiger charge is 2.26. The van der Waals surface area contributed by atoms with Crippen molar-refractivity contribution in [1.29, 1.82) is 0 Å². The number of nitrogens with zero attached hydrogens (tertiary/aromatic N) is 2. The summed E-state index contributed by atoms with van der Waals surface area (Å²) in [7, 11) is 0. The lowest BCUT2D eigenvalue weighted by Crippen LogP contribution is -1.98. The maximum Gasteiger partial charge on any atom is 0.116 e. The molecule has 3 aromatic carbocycles. The second kappa shape index (κ2) is 8.50. The van der Waals surface area contributed by atoms with Gasteiger partial charge < -0.3 is 0 Å². The first-order valence-electron chi connectivity index (χ1n) is 11.1. The molecule has 1 aliphatic carbocycles. The third kappa shape index (κ3) is 3.55. The fourth-order valence-electron chi connectivity index (χ4n) is 4.45. The van der Waals surface area contributed by atoms with Crippen molar-refractivity contribution in [3.05, 3.63) is 115 Å². The van der Waals surface area contributed by atoms with Gasteiger partial charge in [-0.1, -0.05) is 91.0 Å². The van der Waals surface area contributed by atoms with Gasteiger partial charge in [0, 0.05) is 20.9 Å². The van der Waals surface area contributed by atoms with E-state index in [0.717, 1.165) is 40.9 Å². The number of fused-ring (bicyclic) bond motifs is 1. The normalized spacial score (nSPS) is 12.2. The smallest absolute Gasteiger partial charge is 0.116 e. The molecule has 6 rings (SSSR count). The lowest BCUT2D eigenvalue weighted by atomic mass is 9.91. The number of hydrogen-bond acceptors (Lipinski definition) is 3. The molecule has 2 heterocycles. The zero-order valence-corrected chi connectivity index (χ0v) is 18.8. The summed E-state index contributed by atoms with van der Waals surface area (Å²) < 4.78 is 0. The molecular weight excluding hydrogens is 420 g/mol. The topological polar surface area (TPSA) is 25.8 Å². The number of hydrogen-bond donors (Lipinski definition) is 0. The summed E-state index contributed by atoms with van der Waals surface area (Å²) in [5.74, 6) is 0. The van der Waals surface area contributed by atoms with Crippen LogP contribution in [0.3, 0.4) is 0 Å². The molecule has 0 saturated heterocycles. The van der Waals surface area contributed by atoms with E-state index in [4.69, 9.17) is 9.97 Å². The molecule has 5 aromatic rings. The minimum absolute atomic E-state index is 0.902. The predicted molar refractivity (Wildman–Crippen MR) is 137 cm³/mol. The Morgan fingerprint density at radius 2 is 1.52 bits per heavy atom. The molecule has 0 spiro atoms. The van der Waals surface area contributed by atoms with Gasteiger partial charge in [-0.25, -0.2) is 9.97 Å². The van der Waals surface area contributed by atoms with Crippen LogP contribution >= 0.6 is 11.3 Å². The van der Waals surface area contributed by atoms with Crippen LogP contribution in [-0.4, -0.2) is 9.97 Å². The minimum atomic E-state index is 0.902. The van der Waals surface area contributed by atoms with Gasteiger partial charge in [0.1, 0.15) is 6.33 Å². The molecule has 33 heavy (non-hydrogen) atoms. The maximum atomic E-state index is 4.80. The summed E-state index contributed by atoms with van der Waals surface area (Å²) in [4.78, 5) is 12.1. The Morgan fingerprint density at radius 3 is 2.27 bits per heavy atom. The van der Waals surface area contributed by atoms with Crippen LogP contribution < -0.4 is 0 Å². The molecule has 3 heteroatoms. The molecule has 2 nitrogen and oxygen atoms in total. The number of rotatable bonds is 4. The van der Waals surface area contributed by atoms with E-state index in [1.165, 1.54) is 26.4 Å². The third-order valence-electron chi connectivity index (χ3n) is 5.96. The predicted octanol–water partition coefficient (Wildman–Crippen LogP) is 7.77. The quantitative estimate of drug-likeness (QED) is 0.285. The molecule has 1 aliphatic rings. The van der Waals surface area contributed by atoms with E-state index >= 15 is 0 Å². The Hall–Kier alpha value is -4.00. The Bertz CT molecular complexity index is 1380. The minimum Gasteiger partial charge on any atom is -0.236 e. The lowest BCUT2D eigenvalue weighted by Gasteiger charge is -2.15. The average Bonchev–Trinajstić information content (AvgIpc) is 3.29. The summed E-state index contributed by atoms with van der Waals surface area (Å²) in [6, 6.07) is 33.3. The number of aromatic nitrogens is 2. The van der Waals surface area contributed by atoms with Crippen LogP contribution in [0.15, 0.2) is 91.3 Å². The van der Waals surface area contributed by atoms with E-state index in [2.05, 4.69) is 84.9 Å². The monoisotopic (exact) mass is 440 g/mol. The van der Waals surface area contributed by atoms with Gasteiger partial charge >= 0.3 is 0 Å². The fourth-order valence-corrected chi connectivity index (χ4v) is 5.84. The van der Waals surface area contributed by atoms with E-state index in [-0.39, 0.29) is 0 Å². The number of thiophene rings is 1. The molecule has 2 aromatic heterocycles. The van der Waals surface area contributed by atoms with Gasteiger partial charge in [0.05, 0.1) is 17.0 Å². The van der Waals surface area contributed by atoms with Crippen LogP contribution in [0.25, 0.3) is 49.5 Å². The molecular formula is C30H20N2S. The molecule has 0 amide bonds. The van der Waals surface area contributed by atoms with E-state index in [9.17, 15) is 0 Å². The molecule has 0 fully saturated rings. The Balaban J connectivity index is 1.68. The van der Waals surface area contributed by atoms with E-state index in [0.29, 0.717) is 0 Å². The van der Waals surface area contributed by atoms with Gasteiger partial charge in [-0.3, -0.25) is 0 Å². The van der Waals surface area contributed by atoms with Gasteiger partial charge in [0.2, 0.25) is 0 Å². The van der Waals surface area contributed by atoms with Crippen molar-refractivity contribution in [2.45, 2.75) is 12.8 Å². The highest BCUT2D eigenvalue weighted by atomic mass is 32.1. The molecule has 0 saturated carbocycles. The van der Waals surface area contributed by atoms with Crippen molar-refractivity contribution in [3.8, 4) is 43.4 Å². The molecule has 0 aliphatic heterocycles. The van der Waals surface area contributed by atoms with Crippen LogP contribution in [0.5, 0.6) is 0 Å². The van der Waals surface area contributed by atoms with Crippen molar-refractivity contribution in [2.75, 3.05) is 0 Å². The fraction of sp³-hybridized carbons (Fsp3) is 0.0667. The van der Waals surface area contributed by atoms with Crippen LogP contribution in [-0.2, 0) is 6.42 Å². The summed E-state index contributed by atoms with van der Waals surface area (Å²) >= 11 is 1.84. The Kier molecular flexibility index (Phi) is 5.07. The number of benzene rings is 2. The largest absolute Gasteiger partial charge is 0.236 e. The third-order valence-corrected chi connectivity index (χ3v) is 7.27. The summed E-state index contributed by atoms with van der Waals surface area (Å²) in [6.07, 6.45) is 8.29. The first-order valence-corrected chi connectivity index (χ1v) is 11.9. The van der Waals surface area contributed by atoms with Gasteiger partial charge in [-0.05, 0) is 41.7 Å². The van der Waals surface area contributed by atoms with E-state index in [1.54, 1.807) is 6.33 Å². The van der Waals surface area contributed by atoms with Gasteiger partial charge in [0.25, 0.3) is 0 Å². The molecule has 0 N–H and O–H groups in total. The van der Waals surface area contributed by atoms with Gasteiger partial charge in [-0.2, -0.15) is 0 Å². The SMILES string of the molecule is c1cccc(-c2ncnc(-c3ccccc3)c2-c2sc(-c3ccccc3)c3c2CCC=C3)c#1. The lowest BCUT2D eigenvalue weighted by molar-refractivity contribution is 0.996. The Morgan fingerprint density at radius 1 is 0.758 bits per heavy atom. The summed E-state index contributed by atoms with van der Waals surface area (Å²) in [6.45, 7) is 0. The zero-order valence-electron chi connectivity index (χ0n) is 18.0. The van der Waals surface area contributed by atoms with E-state index in [1.807, 2.05) is 29.5 Å². The highest BCUT2D eigenvalue weighted by molar-refractivity contribution is 7.19. The standard InChI is InChI=1S/C30H20N2S/c1-4-12-21(13-5-1)27-26(28(32-20-31-27)22-14-6-2-7-15-22)30-25-19-11-10-18-24(25)29(33-30)23-16-8-3-9-17-23/h1-6,8-10,12-14,16-18,20H,11,19H2. The first kappa shape index (κ1) is 19.7. The molecule has 156 valence electrons. The van der Waals surface area contributed by atoms with Crippen molar-refractivity contribution in [2.24, 2.45) is 0 Å². The molecule has 0 radical (unpaired) electrons. The second-order valence-electron chi connectivity index (χ2n) is 7.98. The number of allylic oxidation sites excluding steroid dienone is 1. The second-order valence-corrected chi connectivity index (χ2v) is 9.00. The average molecular weight is 441 g/mol. The van der Waals surface area contributed by atoms with Gasteiger partial charge in [0.15, 0.2) is 0 Å². The maximum absolute atomic E-state index is 4.80. The van der Waals surface area contributed by atoms with Crippen molar-refractivity contribution < 1.29 is 0 Å². The molecule has 0 atom stereocenters. The summed E-state index contributed by atoms with van der Waals surface area (Å²) in [5.41, 5.74) is 8.91. The van der Waals surface area contributed by atoms with Crippen LogP contribution in [0, 0.1) is 12.1 Å². The van der Waals surface area contributed by atoms with Crippen molar-refractivity contribution in [3.63, 3.8) is 0 Å². The van der Waals surface area contributed by atoms with Crippen molar-refractivity contribution >= 4 is 17.4 Å². The molecule has 0 unspecified atom stereocenters.